The summed E-state index contributed by atoms with van der Waals surface area (Å²) in [5.74, 6) is -0.0869. The van der Waals surface area contributed by atoms with Crippen LogP contribution in [-0.4, -0.2) is 20.7 Å². The number of nitrogens with zero attached hydrogens (tertiary/aromatic N) is 3. The van der Waals surface area contributed by atoms with Crippen molar-refractivity contribution in [3.8, 4) is 0 Å². The monoisotopic (exact) mass is 161 g/mol. The van der Waals surface area contributed by atoms with E-state index in [4.69, 9.17) is 0 Å². The van der Waals surface area contributed by atoms with Gasteiger partial charge in [0.15, 0.2) is 0 Å². The molecule has 0 atom stereocenters. The second-order valence-corrected chi connectivity index (χ2v) is 2.51. The van der Waals surface area contributed by atoms with Crippen LogP contribution >= 0.6 is 0 Å². The number of fused-ring (bicyclic) bond motifs is 1. The average Bonchev–Trinajstić information content (AvgIpc) is 2.47. The lowest BCUT2D eigenvalue weighted by molar-refractivity contribution is 0.0927. The van der Waals surface area contributed by atoms with Crippen LogP contribution in [0.5, 0.6) is 0 Å². The van der Waals surface area contributed by atoms with Crippen LogP contribution in [0.3, 0.4) is 0 Å². The molecule has 0 saturated carbocycles. The molecular formula is C8H7N3O. The van der Waals surface area contributed by atoms with Crippen LogP contribution in [0.25, 0.3) is 10.9 Å². The van der Waals surface area contributed by atoms with Crippen molar-refractivity contribution in [3.63, 3.8) is 0 Å². The van der Waals surface area contributed by atoms with Crippen molar-refractivity contribution in [1.82, 2.24) is 14.8 Å². The van der Waals surface area contributed by atoms with Crippen LogP contribution in [0.1, 0.15) is 11.7 Å². The fraction of sp³-hybridized carbons (Fsp3) is 0.125. The molecule has 2 heterocycles. The third kappa shape index (κ3) is 0.887. The van der Waals surface area contributed by atoms with E-state index < -0.39 is 0 Å². The van der Waals surface area contributed by atoms with Gasteiger partial charge in [-0.3, -0.25) is 9.78 Å². The van der Waals surface area contributed by atoms with Gasteiger partial charge in [0.1, 0.15) is 0 Å². The molecule has 0 aromatic carbocycles. The Labute approximate surface area is 68.8 Å². The van der Waals surface area contributed by atoms with Gasteiger partial charge in [-0.15, -0.1) is 0 Å². The highest BCUT2D eigenvalue weighted by molar-refractivity contribution is 5.88. The maximum absolute atomic E-state index is 11.0. The Morgan fingerprint density at radius 1 is 1.50 bits per heavy atom. The Balaban J connectivity index is 2.79. The number of carbonyl (C=O) groups excluding carboxylic acids is 1. The van der Waals surface area contributed by atoms with E-state index in [0.29, 0.717) is 0 Å². The fourth-order valence-electron chi connectivity index (χ4n) is 1.12. The summed E-state index contributed by atoms with van der Waals surface area (Å²) < 4.78 is 1.36. The summed E-state index contributed by atoms with van der Waals surface area (Å²) in [6, 6.07) is 1.77. The zero-order chi connectivity index (χ0) is 8.55. The van der Waals surface area contributed by atoms with Gasteiger partial charge in [0.05, 0.1) is 11.7 Å². The first-order valence-electron chi connectivity index (χ1n) is 3.58. The molecule has 12 heavy (non-hydrogen) atoms. The predicted molar refractivity (Wildman–Crippen MR) is 43.8 cm³/mol. The molecule has 0 spiro atoms. The zero-order valence-electron chi connectivity index (χ0n) is 6.56. The highest BCUT2D eigenvalue weighted by Crippen LogP contribution is 2.10. The molecule has 0 N–H and O–H groups in total. The number of pyridine rings is 1. The number of carbonyl (C=O) groups is 1. The van der Waals surface area contributed by atoms with Crippen LogP contribution in [0.2, 0.25) is 0 Å². The van der Waals surface area contributed by atoms with Crippen LogP contribution in [0.4, 0.5) is 0 Å². The molecule has 0 aliphatic rings. The summed E-state index contributed by atoms with van der Waals surface area (Å²) in [6.45, 7) is 1.48. The molecule has 2 rings (SSSR count). The molecule has 2 aromatic rings. The Bertz CT molecular complexity index is 433. The van der Waals surface area contributed by atoms with Crippen LogP contribution in [-0.2, 0) is 0 Å². The van der Waals surface area contributed by atoms with E-state index in [9.17, 15) is 4.79 Å². The molecule has 60 valence electrons. The molecule has 0 saturated heterocycles. The van der Waals surface area contributed by atoms with E-state index in [2.05, 4.69) is 10.1 Å². The SMILES string of the molecule is CC(=O)n1ncc2cnccc21. The minimum absolute atomic E-state index is 0.0869. The van der Waals surface area contributed by atoms with Crippen LogP contribution in [0.15, 0.2) is 24.7 Å². The molecule has 0 aliphatic heterocycles. The molecule has 0 radical (unpaired) electrons. The molecular weight excluding hydrogens is 154 g/mol. The van der Waals surface area contributed by atoms with Crippen molar-refractivity contribution in [2.24, 2.45) is 0 Å². The summed E-state index contributed by atoms with van der Waals surface area (Å²) >= 11 is 0. The number of rotatable bonds is 0. The van der Waals surface area contributed by atoms with E-state index in [1.807, 2.05) is 0 Å². The Hall–Kier alpha value is -1.71. The van der Waals surface area contributed by atoms with Gasteiger partial charge >= 0.3 is 0 Å². The molecule has 0 bridgehead atoms. The van der Waals surface area contributed by atoms with Crippen molar-refractivity contribution in [1.29, 1.82) is 0 Å². The van der Waals surface area contributed by atoms with Crippen molar-refractivity contribution < 1.29 is 4.79 Å². The molecule has 2 aromatic heterocycles. The first-order valence-corrected chi connectivity index (χ1v) is 3.58. The quantitative estimate of drug-likeness (QED) is 0.581. The first kappa shape index (κ1) is 6.97. The molecule has 4 heteroatoms. The molecule has 0 unspecified atom stereocenters. The van der Waals surface area contributed by atoms with E-state index in [-0.39, 0.29) is 5.91 Å². The van der Waals surface area contributed by atoms with Gasteiger partial charge in [-0.2, -0.15) is 5.10 Å². The smallest absolute Gasteiger partial charge is 0.244 e. The van der Waals surface area contributed by atoms with Crippen molar-refractivity contribution in [2.45, 2.75) is 6.92 Å². The van der Waals surface area contributed by atoms with E-state index >= 15 is 0 Å². The molecule has 0 amide bonds. The third-order valence-corrected chi connectivity index (χ3v) is 1.67. The van der Waals surface area contributed by atoms with Crippen LogP contribution < -0.4 is 0 Å². The summed E-state index contributed by atoms with van der Waals surface area (Å²) in [6.07, 6.45) is 4.95. The largest absolute Gasteiger partial charge is 0.273 e. The number of aromatic nitrogens is 3. The van der Waals surface area contributed by atoms with Gasteiger partial charge in [-0.05, 0) is 6.07 Å². The fourth-order valence-corrected chi connectivity index (χ4v) is 1.12. The standard InChI is InChI=1S/C8H7N3O/c1-6(12)11-8-2-3-9-4-7(8)5-10-11/h2-5H,1H3. The summed E-state index contributed by atoms with van der Waals surface area (Å²) in [7, 11) is 0. The Morgan fingerprint density at radius 3 is 3.08 bits per heavy atom. The van der Waals surface area contributed by atoms with E-state index in [0.717, 1.165) is 10.9 Å². The first-order chi connectivity index (χ1) is 5.79. The highest BCUT2D eigenvalue weighted by Gasteiger charge is 2.03. The third-order valence-electron chi connectivity index (χ3n) is 1.67. The predicted octanol–water partition coefficient (Wildman–Crippen LogP) is 1.09. The van der Waals surface area contributed by atoms with Crippen molar-refractivity contribution in [3.05, 3.63) is 24.7 Å². The normalized spacial score (nSPS) is 10.4. The maximum Gasteiger partial charge on any atom is 0.244 e. The minimum atomic E-state index is -0.0869. The van der Waals surface area contributed by atoms with E-state index in [1.54, 1.807) is 24.7 Å². The molecule has 4 nitrogen and oxygen atoms in total. The van der Waals surface area contributed by atoms with Crippen molar-refractivity contribution >= 4 is 16.8 Å². The highest BCUT2D eigenvalue weighted by atomic mass is 16.2. The van der Waals surface area contributed by atoms with Crippen LogP contribution in [0, 0.1) is 0 Å². The Kier molecular flexibility index (Phi) is 1.40. The zero-order valence-corrected chi connectivity index (χ0v) is 6.56. The van der Waals surface area contributed by atoms with E-state index in [1.165, 1.54) is 11.6 Å². The summed E-state index contributed by atoms with van der Waals surface area (Å²) in [5.41, 5.74) is 0.803. The second-order valence-electron chi connectivity index (χ2n) is 2.51. The van der Waals surface area contributed by atoms with Gasteiger partial charge in [0.2, 0.25) is 5.91 Å². The number of hydrogen-bond acceptors (Lipinski definition) is 3. The second kappa shape index (κ2) is 2.41. The summed E-state index contributed by atoms with van der Waals surface area (Å²) in [5, 5.41) is 4.80. The van der Waals surface area contributed by atoms with Crippen molar-refractivity contribution in [2.75, 3.05) is 0 Å². The minimum Gasteiger partial charge on any atom is -0.273 e. The average molecular weight is 161 g/mol. The van der Waals surface area contributed by atoms with Gasteiger partial charge in [-0.1, -0.05) is 0 Å². The molecule has 0 aliphatic carbocycles. The lowest BCUT2D eigenvalue weighted by atomic mass is 10.3. The maximum atomic E-state index is 11.0. The Morgan fingerprint density at radius 2 is 2.33 bits per heavy atom. The van der Waals surface area contributed by atoms with Gasteiger partial charge in [-0.25, -0.2) is 4.68 Å². The lowest BCUT2D eigenvalue weighted by Gasteiger charge is -1.94. The topological polar surface area (TPSA) is 47.8 Å². The summed E-state index contributed by atoms with van der Waals surface area (Å²) in [4.78, 5) is 14.9. The van der Waals surface area contributed by atoms with Gasteiger partial charge in [0.25, 0.3) is 0 Å². The lowest BCUT2D eigenvalue weighted by Crippen LogP contribution is -2.06. The van der Waals surface area contributed by atoms with Gasteiger partial charge < -0.3 is 0 Å². The van der Waals surface area contributed by atoms with Gasteiger partial charge in [0, 0.05) is 24.7 Å². The molecule has 0 fully saturated rings. The number of hydrogen-bond donors (Lipinski definition) is 0.